The Labute approximate surface area is 215 Å². The smallest absolute Gasteiger partial charge is 0.264 e. The van der Waals surface area contributed by atoms with Gasteiger partial charge < -0.3 is 0 Å². The van der Waals surface area contributed by atoms with Crippen LogP contribution in [0.1, 0.15) is 36.4 Å². The molecule has 37 heavy (non-hydrogen) atoms. The van der Waals surface area contributed by atoms with Crippen LogP contribution in [0.15, 0.2) is 102 Å². The maximum atomic E-state index is 14.2. The van der Waals surface area contributed by atoms with Crippen molar-refractivity contribution in [1.29, 1.82) is 0 Å². The van der Waals surface area contributed by atoms with Crippen molar-refractivity contribution in [1.82, 2.24) is 4.31 Å². The number of rotatable bonds is 8. The summed E-state index contributed by atoms with van der Waals surface area (Å²) in [6.45, 7) is 5.66. The highest BCUT2D eigenvalue weighted by atomic mass is 32.2. The zero-order chi connectivity index (χ0) is 26.7. The second kappa shape index (κ2) is 10.6. The van der Waals surface area contributed by atoms with Crippen LogP contribution in [-0.2, 0) is 10.0 Å². The van der Waals surface area contributed by atoms with Crippen LogP contribution in [0, 0.1) is 26.1 Å². The van der Waals surface area contributed by atoms with Gasteiger partial charge in [-0.2, -0.15) is 4.31 Å². The predicted octanol–water partition coefficient (Wildman–Crippen LogP) is 5.35. The fraction of sp³-hybridized carbons (Fsp3) is 0.259. The summed E-state index contributed by atoms with van der Waals surface area (Å²) in [5, 5.41) is 23.9. The highest BCUT2D eigenvalue weighted by molar-refractivity contribution is 7.89. The first-order valence-electron chi connectivity index (χ1n) is 11.8. The van der Waals surface area contributed by atoms with Gasteiger partial charge in [-0.15, -0.1) is 6.58 Å². The molecular formula is C27H27N3O6S. The first kappa shape index (κ1) is 26.2. The quantitative estimate of drug-likeness (QED) is 0.224. The maximum Gasteiger partial charge on any atom is 0.269 e. The summed E-state index contributed by atoms with van der Waals surface area (Å²) in [5.41, 5.74) is 1.01. The first-order chi connectivity index (χ1) is 17.7. The summed E-state index contributed by atoms with van der Waals surface area (Å²) in [4.78, 5) is 22.7. The van der Waals surface area contributed by atoms with Crippen LogP contribution in [-0.4, -0.2) is 34.7 Å². The fourth-order valence-electron chi connectivity index (χ4n) is 5.43. The largest absolute Gasteiger partial charge is 0.269 e. The molecule has 10 heteroatoms. The average molecular weight is 522 g/mol. The summed E-state index contributed by atoms with van der Waals surface area (Å²) in [6, 6.07) is 19.3. The Morgan fingerprint density at radius 2 is 1.43 bits per heavy atom. The zero-order valence-corrected chi connectivity index (χ0v) is 21.0. The molecule has 1 saturated heterocycles. The number of benzene rings is 3. The van der Waals surface area contributed by atoms with Gasteiger partial charge in [-0.1, -0.05) is 73.7 Å². The van der Waals surface area contributed by atoms with Crippen LogP contribution in [0.3, 0.4) is 0 Å². The second-order valence-electron chi connectivity index (χ2n) is 9.10. The Balaban J connectivity index is 1.97. The normalized spacial score (nSPS) is 24.3. The number of hydrogen-bond donors (Lipinski definition) is 0. The molecule has 1 fully saturated rings. The number of piperidine rings is 1. The molecule has 0 saturated carbocycles. The highest BCUT2D eigenvalue weighted by Crippen LogP contribution is 2.50. The zero-order valence-electron chi connectivity index (χ0n) is 20.2. The van der Waals surface area contributed by atoms with Crippen LogP contribution in [0.2, 0.25) is 0 Å². The molecule has 0 spiro atoms. The Kier molecular flexibility index (Phi) is 7.51. The van der Waals surface area contributed by atoms with E-state index in [1.54, 1.807) is 36.4 Å². The van der Waals surface area contributed by atoms with Crippen molar-refractivity contribution in [2.24, 2.45) is 5.92 Å². The lowest BCUT2D eigenvalue weighted by molar-refractivity contribution is -0.541. The van der Waals surface area contributed by atoms with Gasteiger partial charge in [-0.3, -0.25) is 20.2 Å². The van der Waals surface area contributed by atoms with Crippen molar-refractivity contribution in [3.05, 3.63) is 129 Å². The molecular weight excluding hydrogens is 494 g/mol. The molecule has 0 bridgehead atoms. The fourth-order valence-corrected chi connectivity index (χ4v) is 7.33. The predicted molar refractivity (Wildman–Crippen MR) is 139 cm³/mol. The van der Waals surface area contributed by atoms with Gasteiger partial charge in [0.1, 0.15) is 6.04 Å². The molecule has 0 unspecified atom stereocenters. The lowest BCUT2D eigenvalue weighted by Gasteiger charge is -2.49. The lowest BCUT2D eigenvalue weighted by Crippen LogP contribution is -2.59. The topological polar surface area (TPSA) is 124 Å². The number of nitrogens with zero attached hydrogens (tertiary/aromatic N) is 3. The van der Waals surface area contributed by atoms with Gasteiger partial charge in [0.2, 0.25) is 16.1 Å². The Morgan fingerprint density at radius 3 is 1.92 bits per heavy atom. The molecule has 1 aliphatic rings. The lowest BCUT2D eigenvalue weighted by atomic mass is 9.70. The van der Waals surface area contributed by atoms with Crippen molar-refractivity contribution in [2.75, 3.05) is 0 Å². The number of nitro benzene ring substituents is 1. The molecule has 3 aromatic carbocycles. The van der Waals surface area contributed by atoms with E-state index < -0.39 is 44.9 Å². The van der Waals surface area contributed by atoms with Gasteiger partial charge in [0, 0.05) is 23.1 Å². The molecule has 3 aromatic rings. The maximum absolute atomic E-state index is 14.2. The van der Waals surface area contributed by atoms with Crippen LogP contribution in [0.5, 0.6) is 0 Å². The molecule has 0 aliphatic carbocycles. The number of sulfonamides is 1. The molecule has 1 heterocycles. The SMILES string of the molecule is C=CC[C@@H]1[C@H](C)[C@@H](c2ccccc2)[C@H]([N+](=O)[O-])[C@@H](c2ccccc2)N1S(=O)(=O)c1ccc([N+](=O)[O-])cc1. The van der Waals surface area contributed by atoms with Gasteiger partial charge in [-0.05, 0) is 35.6 Å². The van der Waals surface area contributed by atoms with E-state index in [2.05, 4.69) is 6.58 Å². The Hall–Kier alpha value is -3.89. The van der Waals surface area contributed by atoms with Crippen molar-refractivity contribution >= 4 is 15.7 Å². The van der Waals surface area contributed by atoms with Gasteiger partial charge in [0.15, 0.2) is 0 Å². The first-order valence-corrected chi connectivity index (χ1v) is 13.2. The van der Waals surface area contributed by atoms with Crippen LogP contribution in [0.4, 0.5) is 5.69 Å². The molecule has 4 rings (SSSR count). The minimum absolute atomic E-state index is 0.166. The molecule has 1 aliphatic heterocycles. The third kappa shape index (κ3) is 4.90. The molecule has 9 nitrogen and oxygen atoms in total. The molecule has 0 N–H and O–H groups in total. The van der Waals surface area contributed by atoms with Crippen molar-refractivity contribution < 1.29 is 18.3 Å². The Morgan fingerprint density at radius 1 is 0.892 bits per heavy atom. The van der Waals surface area contributed by atoms with Gasteiger partial charge in [0.05, 0.1) is 15.7 Å². The van der Waals surface area contributed by atoms with Crippen LogP contribution < -0.4 is 0 Å². The third-order valence-corrected chi connectivity index (χ3v) is 8.99. The van der Waals surface area contributed by atoms with E-state index in [1.165, 1.54) is 16.4 Å². The van der Waals surface area contributed by atoms with E-state index in [1.807, 2.05) is 37.3 Å². The van der Waals surface area contributed by atoms with Crippen molar-refractivity contribution in [2.45, 2.75) is 42.3 Å². The molecule has 192 valence electrons. The highest BCUT2D eigenvalue weighted by Gasteiger charge is 2.57. The van der Waals surface area contributed by atoms with E-state index in [9.17, 15) is 28.6 Å². The van der Waals surface area contributed by atoms with E-state index in [-0.39, 0.29) is 21.9 Å². The van der Waals surface area contributed by atoms with Crippen molar-refractivity contribution in [3.63, 3.8) is 0 Å². The monoisotopic (exact) mass is 521 g/mol. The third-order valence-electron chi connectivity index (χ3n) is 7.07. The summed E-state index contributed by atoms with van der Waals surface area (Å²) >= 11 is 0. The van der Waals surface area contributed by atoms with E-state index >= 15 is 0 Å². The standard InChI is InChI=1S/C27H27N3O6S/c1-3-10-24-19(2)25(20-11-6-4-7-12-20)27(30(33)34)26(21-13-8-5-9-14-21)28(24)37(35,36)23-17-15-22(16-18-23)29(31)32/h3-9,11-19,24-27H,1,10H2,2H3/t19-,24+,25-,26+,27-/m0/s1. The van der Waals surface area contributed by atoms with Gasteiger partial charge in [0.25, 0.3) is 5.69 Å². The van der Waals surface area contributed by atoms with Crippen LogP contribution in [0.25, 0.3) is 0 Å². The van der Waals surface area contributed by atoms with Crippen molar-refractivity contribution in [3.8, 4) is 0 Å². The van der Waals surface area contributed by atoms with E-state index in [0.717, 1.165) is 17.7 Å². The summed E-state index contributed by atoms with van der Waals surface area (Å²) in [5.74, 6) is -1.02. The molecule has 0 radical (unpaired) electrons. The minimum Gasteiger partial charge on any atom is -0.264 e. The molecule has 0 amide bonds. The average Bonchev–Trinajstić information content (AvgIpc) is 2.90. The van der Waals surface area contributed by atoms with Gasteiger partial charge in [-0.25, -0.2) is 8.42 Å². The summed E-state index contributed by atoms with van der Waals surface area (Å²) in [7, 11) is -4.32. The molecule has 0 aromatic heterocycles. The Bertz CT molecular complexity index is 1380. The molecule has 5 atom stereocenters. The van der Waals surface area contributed by atoms with Gasteiger partial charge >= 0.3 is 0 Å². The number of hydrogen-bond acceptors (Lipinski definition) is 6. The summed E-state index contributed by atoms with van der Waals surface area (Å²) < 4.78 is 29.6. The number of non-ortho nitro benzene ring substituents is 1. The van der Waals surface area contributed by atoms with Crippen LogP contribution >= 0.6 is 0 Å². The minimum atomic E-state index is -4.32. The van der Waals surface area contributed by atoms with E-state index in [4.69, 9.17) is 0 Å². The number of nitro groups is 2. The second-order valence-corrected chi connectivity index (χ2v) is 10.9. The van der Waals surface area contributed by atoms with E-state index in [0.29, 0.717) is 5.56 Å². The summed E-state index contributed by atoms with van der Waals surface area (Å²) in [6.07, 6.45) is 1.89.